The molecule has 0 aromatic carbocycles. The van der Waals surface area contributed by atoms with Crippen molar-refractivity contribution in [3.63, 3.8) is 0 Å². The van der Waals surface area contributed by atoms with E-state index in [1.54, 1.807) is 0 Å². The Kier molecular flexibility index (Phi) is 4.64. The van der Waals surface area contributed by atoms with Crippen LogP contribution in [-0.4, -0.2) is 44.0 Å². The first-order chi connectivity index (χ1) is 9.81. The van der Waals surface area contributed by atoms with E-state index in [1.165, 1.54) is 19.2 Å². The number of nitrogens with two attached hydrogens (primary N) is 1. The summed E-state index contributed by atoms with van der Waals surface area (Å²) in [4.78, 5) is 23.9. The number of halogens is 1. The maximum Gasteiger partial charge on any atom is 0.695 e. The SMILES string of the molecule is C[C@H](O)[C@H]1O[C@@H](n2ccc(N)nc2=O)C(F)[C@H]1O[P+](=O)O. The molecule has 1 aromatic rings. The van der Waals surface area contributed by atoms with Crippen molar-refractivity contribution in [3.05, 3.63) is 22.7 Å². The third-order valence-electron chi connectivity index (χ3n) is 3.02. The third kappa shape index (κ3) is 3.25. The molecule has 0 aliphatic carbocycles. The second-order valence-electron chi connectivity index (χ2n) is 4.53. The monoisotopic (exact) mass is 322 g/mol. The van der Waals surface area contributed by atoms with Gasteiger partial charge in [0.05, 0.1) is 6.10 Å². The Hall–Kier alpha value is -1.45. The van der Waals surface area contributed by atoms with Crippen LogP contribution < -0.4 is 11.4 Å². The summed E-state index contributed by atoms with van der Waals surface area (Å²) in [5, 5.41) is 9.56. The first-order valence-electron chi connectivity index (χ1n) is 5.96. The van der Waals surface area contributed by atoms with Gasteiger partial charge in [0, 0.05) is 10.8 Å². The molecule has 1 aliphatic rings. The highest BCUT2D eigenvalue weighted by Gasteiger charge is 2.53. The van der Waals surface area contributed by atoms with Crippen molar-refractivity contribution >= 4 is 14.1 Å². The summed E-state index contributed by atoms with van der Waals surface area (Å²) >= 11 is 0. The number of nitrogens with zero attached hydrogens (tertiary/aromatic N) is 2. The average Bonchev–Trinajstić information content (AvgIpc) is 2.67. The Morgan fingerprint density at radius 1 is 1.67 bits per heavy atom. The van der Waals surface area contributed by atoms with Crippen molar-refractivity contribution in [1.82, 2.24) is 9.55 Å². The third-order valence-corrected chi connectivity index (χ3v) is 3.44. The summed E-state index contributed by atoms with van der Waals surface area (Å²) in [6.07, 6.45) is -6.08. The normalized spacial score (nSPS) is 31.1. The van der Waals surface area contributed by atoms with Crippen LogP contribution in [0.3, 0.4) is 0 Å². The molecule has 2 heterocycles. The molecule has 116 valence electrons. The van der Waals surface area contributed by atoms with Gasteiger partial charge in [-0.1, -0.05) is 0 Å². The van der Waals surface area contributed by atoms with Gasteiger partial charge >= 0.3 is 13.9 Å². The lowest BCUT2D eigenvalue weighted by molar-refractivity contribution is -0.0756. The second-order valence-corrected chi connectivity index (χ2v) is 5.21. The van der Waals surface area contributed by atoms with Crippen LogP contribution in [0.2, 0.25) is 0 Å². The Morgan fingerprint density at radius 2 is 2.33 bits per heavy atom. The molecule has 0 amide bonds. The van der Waals surface area contributed by atoms with Gasteiger partial charge in [0.25, 0.3) is 0 Å². The largest absolute Gasteiger partial charge is 0.695 e. The Morgan fingerprint density at radius 3 is 2.86 bits per heavy atom. The van der Waals surface area contributed by atoms with Crippen molar-refractivity contribution in [2.75, 3.05) is 5.73 Å². The number of aliphatic hydroxyl groups excluding tert-OH is 1. The van der Waals surface area contributed by atoms with E-state index in [0.29, 0.717) is 0 Å². The number of hydrogen-bond acceptors (Lipinski definition) is 7. The molecule has 0 radical (unpaired) electrons. The molecule has 6 atom stereocenters. The molecule has 0 spiro atoms. The van der Waals surface area contributed by atoms with Crippen LogP contribution in [0.15, 0.2) is 17.1 Å². The fourth-order valence-corrected chi connectivity index (χ4v) is 2.55. The van der Waals surface area contributed by atoms with Crippen molar-refractivity contribution in [2.24, 2.45) is 0 Å². The molecule has 2 rings (SSSR count). The van der Waals surface area contributed by atoms with Crippen LogP contribution in [0.5, 0.6) is 0 Å². The fraction of sp³-hybridized carbons (Fsp3) is 0.600. The highest BCUT2D eigenvalue weighted by molar-refractivity contribution is 7.32. The molecule has 4 N–H and O–H groups in total. The Bertz CT molecular complexity index is 596. The van der Waals surface area contributed by atoms with E-state index in [4.69, 9.17) is 15.4 Å². The van der Waals surface area contributed by atoms with Crippen LogP contribution in [0.4, 0.5) is 10.2 Å². The zero-order chi connectivity index (χ0) is 15.7. The summed E-state index contributed by atoms with van der Waals surface area (Å²) < 4.78 is 35.8. The van der Waals surface area contributed by atoms with Gasteiger partial charge in [-0.05, 0) is 13.0 Å². The number of aromatic nitrogens is 2. The predicted octanol–water partition coefficient (Wildman–Crippen LogP) is -0.523. The first-order valence-corrected chi connectivity index (χ1v) is 7.09. The molecular weight excluding hydrogens is 308 g/mol. The van der Waals surface area contributed by atoms with Crippen LogP contribution in [0.1, 0.15) is 13.2 Å². The average molecular weight is 322 g/mol. The van der Waals surface area contributed by atoms with Crippen molar-refractivity contribution in [2.45, 2.75) is 37.6 Å². The summed E-state index contributed by atoms with van der Waals surface area (Å²) in [6.45, 7) is 1.31. The number of aliphatic hydroxyl groups is 1. The summed E-state index contributed by atoms with van der Waals surface area (Å²) in [5.41, 5.74) is 4.49. The maximum atomic E-state index is 14.4. The summed E-state index contributed by atoms with van der Waals surface area (Å²) in [7, 11) is -3.09. The van der Waals surface area contributed by atoms with Crippen molar-refractivity contribution < 1.29 is 28.2 Å². The molecule has 9 nitrogen and oxygen atoms in total. The van der Waals surface area contributed by atoms with Gasteiger partial charge in [0.1, 0.15) is 11.9 Å². The number of hydrogen-bond donors (Lipinski definition) is 3. The summed E-state index contributed by atoms with van der Waals surface area (Å²) in [6, 6.07) is 1.27. The quantitative estimate of drug-likeness (QED) is 0.630. The smallest absolute Gasteiger partial charge is 0.391 e. The number of rotatable bonds is 4. The Balaban J connectivity index is 2.33. The zero-order valence-corrected chi connectivity index (χ0v) is 11.8. The van der Waals surface area contributed by atoms with Gasteiger partial charge < -0.3 is 15.6 Å². The molecule has 1 aromatic heterocycles. The minimum absolute atomic E-state index is 0.0389. The van der Waals surface area contributed by atoms with E-state index in [2.05, 4.69) is 9.51 Å². The highest BCUT2D eigenvalue weighted by Crippen LogP contribution is 2.38. The van der Waals surface area contributed by atoms with Gasteiger partial charge in [-0.25, -0.2) is 9.18 Å². The van der Waals surface area contributed by atoms with Crippen molar-refractivity contribution in [1.29, 1.82) is 0 Å². The second kappa shape index (κ2) is 6.12. The van der Waals surface area contributed by atoms with E-state index in [0.717, 1.165) is 4.57 Å². The topological polar surface area (TPSA) is 137 Å². The lowest BCUT2D eigenvalue weighted by Gasteiger charge is -2.17. The van der Waals surface area contributed by atoms with Gasteiger partial charge in [-0.15, -0.1) is 9.42 Å². The number of nitrogen functional groups attached to an aromatic ring is 1. The highest BCUT2D eigenvalue weighted by atomic mass is 31.1. The van der Waals surface area contributed by atoms with Crippen LogP contribution in [0.25, 0.3) is 0 Å². The lowest BCUT2D eigenvalue weighted by Crippen LogP contribution is -2.37. The fourth-order valence-electron chi connectivity index (χ4n) is 2.11. The number of alkyl halides is 1. The number of anilines is 1. The van der Waals surface area contributed by atoms with E-state index < -0.39 is 44.7 Å². The minimum Gasteiger partial charge on any atom is -0.391 e. The predicted molar refractivity (Wildman–Crippen MR) is 68.1 cm³/mol. The van der Waals surface area contributed by atoms with E-state index in [-0.39, 0.29) is 5.82 Å². The number of ether oxygens (including phenoxy) is 1. The maximum absolute atomic E-state index is 14.4. The molecule has 0 saturated carbocycles. The molecule has 11 heteroatoms. The van der Waals surface area contributed by atoms with Crippen LogP contribution >= 0.6 is 8.25 Å². The molecule has 1 aliphatic heterocycles. The zero-order valence-electron chi connectivity index (χ0n) is 10.9. The standard InChI is InChI=1S/C10H13FN3O6P/c1-4(15)7-8(20-21(17)18)6(11)9(19-7)14-3-2-5(12)13-10(14)16/h2-4,6-9,15H,1H3,(H2-,12,13,16,17,18)/p+1/t4-,6?,7+,8+,9+/m0/s1. The van der Waals surface area contributed by atoms with E-state index in [9.17, 15) is 18.9 Å². The van der Waals surface area contributed by atoms with Gasteiger partial charge in [0.15, 0.2) is 18.5 Å². The minimum atomic E-state index is -3.09. The lowest BCUT2D eigenvalue weighted by atomic mass is 10.1. The molecule has 1 saturated heterocycles. The molecule has 2 unspecified atom stereocenters. The van der Waals surface area contributed by atoms with Gasteiger partial charge in [0.2, 0.25) is 0 Å². The van der Waals surface area contributed by atoms with Crippen molar-refractivity contribution in [3.8, 4) is 0 Å². The van der Waals surface area contributed by atoms with Crippen LogP contribution in [0, 0.1) is 0 Å². The van der Waals surface area contributed by atoms with Crippen LogP contribution in [-0.2, 0) is 13.8 Å². The van der Waals surface area contributed by atoms with Gasteiger partial charge in [-0.2, -0.15) is 4.98 Å². The van der Waals surface area contributed by atoms with Gasteiger partial charge in [-0.3, -0.25) is 4.57 Å². The molecule has 0 bridgehead atoms. The molecular formula is C10H14FN3O6P+. The van der Waals surface area contributed by atoms with E-state index >= 15 is 0 Å². The van der Waals surface area contributed by atoms with E-state index in [1.807, 2.05) is 0 Å². The summed E-state index contributed by atoms with van der Waals surface area (Å²) in [5.74, 6) is -0.0389. The molecule has 21 heavy (non-hydrogen) atoms. The molecule has 1 fully saturated rings. The first kappa shape index (κ1) is 15.9. The Labute approximate surface area is 119 Å².